The van der Waals surface area contributed by atoms with Crippen molar-refractivity contribution in [1.29, 1.82) is 0 Å². The minimum Gasteiger partial charge on any atom is -0.390 e. The van der Waals surface area contributed by atoms with Gasteiger partial charge in [0.2, 0.25) is 11.8 Å². The number of benzene rings is 2. The van der Waals surface area contributed by atoms with Crippen molar-refractivity contribution in [1.82, 2.24) is 10.6 Å². The molecule has 1 saturated heterocycles. The van der Waals surface area contributed by atoms with Crippen LogP contribution in [0.5, 0.6) is 0 Å². The quantitative estimate of drug-likeness (QED) is 0.357. The summed E-state index contributed by atoms with van der Waals surface area (Å²) < 4.78 is 15.0. The van der Waals surface area contributed by atoms with Gasteiger partial charge in [0.25, 0.3) is 0 Å². The van der Waals surface area contributed by atoms with Crippen molar-refractivity contribution in [2.24, 2.45) is 11.3 Å². The molecule has 0 unspecified atom stereocenters. The lowest BCUT2D eigenvalue weighted by atomic mass is 9.62. The van der Waals surface area contributed by atoms with Gasteiger partial charge in [0, 0.05) is 24.2 Å². The second-order valence-corrected chi connectivity index (χ2v) is 13.4. The smallest absolute Gasteiger partial charge is 0.237 e. The second-order valence-electron chi connectivity index (χ2n) is 13.0. The highest BCUT2D eigenvalue weighted by atomic mass is 35.5. The molecule has 0 radical (unpaired) electrons. The number of hydrogen-bond donors (Lipinski definition) is 5. The molecule has 216 valence electrons. The summed E-state index contributed by atoms with van der Waals surface area (Å²) >= 11 is 6.12. The Morgan fingerprint density at radius 2 is 1.88 bits per heavy atom. The van der Waals surface area contributed by atoms with Crippen LogP contribution in [0.15, 0.2) is 36.4 Å². The maximum atomic E-state index is 15.0. The lowest BCUT2D eigenvalue weighted by Gasteiger charge is -2.37. The van der Waals surface area contributed by atoms with E-state index in [1.165, 1.54) is 12.1 Å². The largest absolute Gasteiger partial charge is 0.390 e. The van der Waals surface area contributed by atoms with Crippen molar-refractivity contribution in [3.63, 3.8) is 0 Å². The van der Waals surface area contributed by atoms with E-state index in [0.717, 1.165) is 11.1 Å². The highest BCUT2D eigenvalue weighted by Crippen LogP contribution is 2.57. The van der Waals surface area contributed by atoms with E-state index in [-0.39, 0.29) is 28.2 Å². The Hall–Kier alpha value is -2.52. The number of halogens is 2. The van der Waals surface area contributed by atoms with Crippen LogP contribution >= 0.6 is 11.6 Å². The van der Waals surface area contributed by atoms with Gasteiger partial charge in [-0.25, -0.2) is 4.39 Å². The summed E-state index contributed by atoms with van der Waals surface area (Å²) in [4.78, 5) is 28.1. The molecule has 5 rings (SSSR count). The SMILES string of the molecule is Cc1cccc([C@H]2[C@H](C(=O)NCCC3C[C@H](O)[C@@H](O)C3)N[C@H](CC(C)(C)C)[C@]23C(=O)Nc2cc(Cl)c(F)cc23)c1. The van der Waals surface area contributed by atoms with Crippen LogP contribution < -0.4 is 16.0 Å². The summed E-state index contributed by atoms with van der Waals surface area (Å²) in [7, 11) is 0. The van der Waals surface area contributed by atoms with Gasteiger partial charge in [0.1, 0.15) is 11.2 Å². The molecule has 9 heteroatoms. The number of aliphatic hydroxyl groups is 2. The van der Waals surface area contributed by atoms with Crippen molar-refractivity contribution >= 4 is 29.1 Å². The van der Waals surface area contributed by atoms with Gasteiger partial charge in [-0.05, 0) is 67.2 Å². The molecule has 1 aliphatic carbocycles. The molecule has 0 aromatic heterocycles. The lowest BCUT2D eigenvalue weighted by molar-refractivity contribution is -0.123. The molecule has 40 heavy (non-hydrogen) atoms. The van der Waals surface area contributed by atoms with E-state index in [4.69, 9.17) is 11.6 Å². The van der Waals surface area contributed by atoms with Gasteiger partial charge >= 0.3 is 0 Å². The maximum Gasteiger partial charge on any atom is 0.237 e. The topological polar surface area (TPSA) is 111 Å². The number of carbonyl (C=O) groups excluding carboxylic acids is 2. The van der Waals surface area contributed by atoms with Crippen LogP contribution in [-0.4, -0.2) is 52.9 Å². The maximum absolute atomic E-state index is 15.0. The Morgan fingerprint density at radius 3 is 2.52 bits per heavy atom. The number of aliphatic hydroxyl groups excluding tert-OH is 2. The molecular formula is C31H39ClFN3O4. The van der Waals surface area contributed by atoms with E-state index in [1.807, 2.05) is 31.2 Å². The number of aryl methyl sites for hydroxylation is 1. The third-order valence-electron chi connectivity index (χ3n) is 8.83. The Morgan fingerprint density at radius 1 is 1.18 bits per heavy atom. The Labute approximate surface area is 239 Å². The molecule has 2 fully saturated rings. The van der Waals surface area contributed by atoms with E-state index in [1.54, 1.807) is 0 Å². The minimum atomic E-state index is -1.25. The first-order valence-corrected chi connectivity index (χ1v) is 14.5. The predicted octanol–water partition coefficient (Wildman–Crippen LogP) is 4.18. The summed E-state index contributed by atoms with van der Waals surface area (Å²) in [5, 5.41) is 29.3. The van der Waals surface area contributed by atoms with Crippen molar-refractivity contribution in [2.45, 2.75) is 89.0 Å². The van der Waals surface area contributed by atoms with Crippen molar-refractivity contribution < 1.29 is 24.2 Å². The summed E-state index contributed by atoms with van der Waals surface area (Å²) in [5.41, 5.74) is 1.34. The number of nitrogens with one attached hydrogen (secondary N) is 3. The van der Waals surface area contributed by atoms with Gasteiger partial charge < -0.3 is 26.2 Å². The number of fused-ring (bicyclic) bond motifs is 2. The van der Waals surface area contributed by atoms with Crippen LogP contribution in [0.4, 0.5) is 10.1 Å². The van der Waals surface area contributed by atoms with Crippen LogP contribution in [-0.2, 0) is 15.0 Å². The van der Waals surface area contributed by atoms with Crippen molar-refractivity contribution in [3.8, 4) is 0 Å². The second kappa shape index (κ2) is 10.7. The third-order valence-corrected chi connectivity index (χ3v) is 9.12. The summed E-state index contributed by atoms with van der Waals surface area (Å²) in [6, 6.07) is 9.39. The molecule has 2 aromatic rings. The molecule has 2 aromatic carbocycles. The molecule has 1 spiro atoms. The molecule has 2 amide bonds. The predicted molar refractivity (Wildman–Crippen MR) is 153 cm³/mol. The zero-order valence-electron chi connectivity index (χ0n) is 23.4. The zero-order valence-corrected chi connectivity index (χ0v) is 24.2. The van der Waals surface area contributed by atoms with Crippen LogP contribution in [0.1, 0.15) is 69.1 Å². The molecule has 2 aliphatic heterocycles. The molecule has 1 saturated carbocycles. The van der Waals surface area contributed by atoms with Crippen LogP contribution in [0.25, 0.3) is 0 Å². The van der Waals surface area contributed by atoms with Gasteiger partial charge in [-0.15, -0.1) is 0 Å². The third kappa shape index (κ3) is 5.15. The molecule has 3 aliphatic rings. The van der Waals surface area contributed by atoms with Crippen molar-refractivity contribution in [2.75, 3.05) is 11.9 Å². The van der Waals surface area contributed by atoms with Crippen LogP contribution in [0.2, 0.25) is 5.02 Å². The first kappa shape index (κ1) is 29.0. The van der Waals surface area contributed by atoms with Gasteiger partial charge in [-0.3, -0.25) is 9.59 Å². The van der Waals surface area contributed by atoms with Crippen LogP contribution in [0.3, 0.4) is 0 Å². The first-order valence-electron chi connectivity index (χ1n) is 14.1. The van der Waals surface area contributed by atoms with Gasteiger partial charge in [0.05, 0.1) is 23.3 Å². The fourth-order valence-electron chi connectivity index (χ4n) is 7.14. The van der Waals surface area contributed by atoms with Gasteiger partial charge in [0.15, 0.2) is 0 Å². The molecular weight excluding hydrogens is 533 g/mol. The standard InChI is InChI=1S/C31H39ClFN3O4/c1-16-6-5-7-18(10-16)26-27(28(39)34-9-8-17-11-23(37)24(38)12-17)36-25(15-30(2,3)4)31(26)19-13-21(33)20(32)14-22(19)35-29(31)40/h5-7,10,13-14,17,23-27,36-38H,8-9,11-12,15H2,1-4H3,(H,34,39)(H,35,40)/t23-,24-,25+,26-,27+,31-/m0/s1. The molecule has 0 bridgehead atoms. The van der Waals surface area contributed by atoms with E-state index < -0.39 is 41.4 Å². The van der Waals surface area contributed by atoms with Crippen molar-refractivity contribution in [3.05, 3.63) is 63.9 Å². The van der Waals surface area contributed by atoms with E-state index >= 15 is 4.39 Å². The Kier molecular flexibility index (Phi) is 7.76. The fourth-order valence-corrected chi connectivity index (χ4v) is 7.30. The number of anilines is 1. The Balaban J connectivity index is 1.56. The van der Waals surface area contributed by atoms with Gasteiger partial charge in [-0.1, -0.05) is 62.2 Å². The normalized spacial score (nSPS) is 30.1. The number of amides is 2. The summed E-state index contributed by atoms with van der Waals surface area (Å²) in [6.07, 6.45) is 0.754. The summed E-state index contributed by atoms with van der Waals surface area (Å²) in [5.74, 6) is -1.62. The minimum absolute atomic E-state index is 0.0713. The van der Waals surface area contributed by atoms with Gasteiger partial charge in [-0.2, -0.15) is 0 Å². The fraction of sp³-hybridized carbons (Fsp3) is 0.548. The molecule has 6 atom stereocenters. The molecule has 7 nitrogen and oxygen atoms in total. The highest BCUT2D eigenvalue weighted by molar-refractivity contribution is 6.31. The van der Waals surface area contributed by atoms with E-state index in [0.29, 0.717) is 43.5 Å². The lowest BCUT2D eigenvalue weighted by Crippen LogP contribution is -2.49. The molecule has 2 heterocycles. The highest BCUT2D eigenvalue weighted by Gasteiger charge is 2.65. The number of rotatable bonds is 6. The average molecular weight is 572 g/mol. The van der Waals surface area contributed by atoms with E-state index in [2.05, 4.69) is 36.7 Å². The zero-order chi connectivity index (χ0) is 29.0. The molecule has 5 N–H and O–H groups in total. The summed E-state index contributed by atoms with van der Waals surface area (Å²) in [6.45, 7) is 8.59. The average Bonchev–Trinajstić information content (AvgIpc) is 3.46. The number of carbonyl (C=O) groups is 2. The monoisotopic (exact) mass is 571 g/mol. The van der Waals surface area contributed by atoms with E-state index in [9.17, 15) is 19.8 Å². The Bertz CT molecular complexity index is 1300. The van der Waals surface area contributed by atoms with Crippen LogP contribution in [0, 0.1) is 24.1 Å². The first-order chi connectivity index (χ1) is 18.8. The number of hydrogen-bond acceptors (Lipinski definition) is 5.